The number of aryl methyl sites for hydroxylation is 2. The molecule has 0 spiro atoms. The molecule has 0 unspecified atom stereocenters. The molecule has 0 saturated carbocycles. The molecule has 24 heavy (non-hydrogen) atoms. The van der Waals surface area contributed by atoms with Gasteiger partial charge in [-0.15, -0.1) is 0 Å². The zero-order valence-corrected chi connectivity index (χ0v) is 15.1. The second-order valence-corrected chi connectivity index (χ2v) is 6.76. The summed E-state index contributed by atoms with van der Waals surface area (Å²) in [5, 5.41) is 7.22. The molecule has 1 heterocycles. The van der Waals surface area contributed by atoms with Crippen molar-refractivity contribution < 1.29 is 9.18 Å². The van der Waals surface area contributed by atoms with Gasteiger partial charge in [0.25, 0.3) is 0 Å². The predicted octanol–water partition coefficient (Wildman–Crippen LogP) is 4.17. The summed E-state index contributed by atoms with van der Waals surface area (Å²) in [6.45, 7) is 11.0. The van der Waals surface area contributed by atoms with Gasteiger partial charge in [-0.1, -0.05) is 19.9 Å². The Labute approximate surface area is 143 Å². The van der Waals surface area contributed by atoms with Crippen molar-refractivity contribution in [2.45, 2.75) is 54.0 Å². The van der Waals surface area contributed by atoms with Gasteiger partial charge in [-0.2, -0.15) is 5.10 Å². The average Bonchev–Trinajstić information content (AvgIpc) is 2.74. The van der Waals surface area contributed by atoms with Gasteiger partial charge in [-0.05, 0) is 56.4 Å². The van der Waals surface area contributed by atoms with Crippen LogP contribution in [0.1, 0.15) is 42.8 Å². The summed E-state index contributed by atoms with van der Waals surface area (Å²) < 4.78 is 15.7. The molecular formula is C19H26FN3O. The number of amides is 1. The van der Waals surface area contributed by atoms with Crippen LogP contribution in [0.5, 0.6) is 0 Å². The SMILES string of the molecule is Cc1ccc(F)c(NC(=O)CCc2c(C)nn(CC(C)C)c2C)c1. The molecular weight excluding hydrogens is 305 g/mol. The second kappa shape index (κ2) is 7.60. The van der Waals surface area contributed by atoms with Crippen LogP contribution in [0.25, 0.3) is 0 Å². The number of aromatic nitrogens is 2. The van der Waals surface area contributed by atoms with Crippen molar-refractivity contribution in [3.8, 4) is 0 Å². The maximum atomic E-state index is 13.7. The van der Waals surface area contributed by atoms with Crippen molar-refractivity contribution in [2.24, 2.45) is 5.92 Å². The van der Waals surface area contributed by atoms with Crippen LogP contribution in [-0.2, 0) is 17.8 Å². The summed E-state index contributed by atoms with van der Waals surface area (Å²) in [7, 11) is 0. The molecule has 0 aliphatic heterocycles. The van der Waals surface area contributed by atoms with E-state index >= 15 is 0 Å². The number of benzene rings is 1. The molecule has 1 aromatic heterocycles. The number of rotatable bonds is 6. The molecule has 1 aromatic carbocycles. The zero-order chi connectivity index (χ0) is 17.9. The molecule has 0 radical (unpaired) electrons. The first-order valence-electron chi connectivity index (χ1n) is 8.36. The Kier molecular flexibility index (Phi) is 5.75. The summed E-state index contributed by atoms with van der Waals surface area (Å²) in [5.74, 6) is -0.0792. The number of nitrogens with one attached hydrogen (secondary N) is 1. The summed E-state index contributed by atoms with van der Waals surface area (Å²) in [6, 6.07) is 4.69. The van der Waals surface area contributed by atoms with Gasteiger partial charge in [0, 0.05) is 18.7 Å². The molecule has 0 atom stereocenters. The molecule has 0 saturated heterocycles. The first kappa shape index (κ1) is 18.2. The number of hydrogen-bond acceptors (Lipinski definition) is 2. The minimum atomic E-state index is -0.411. The van der Waals surface area contributed by atoms with Crippen LogP contribution in [0, 0.1) is 32.5 Å². The third kappa shape index (κ3) is 4.43. The fraction of sp³-hybridized carbons (Fsp3) is 0.474. The lowest BCUT2D eigenvalue weighted by Gasteiger charge is -2.09. The lowest BCUT2D eigenvalue weighted by atomic mass is 10.1. The zero-order valence-electron chi connectivity index (χ0n) is 15.1. The van der Waals surface area contributed by atoms with E-state index in [0.29, 0.717) is 18.8 Å². The summed E-state index contributed by atoms with van der Waals surface area (Å²) >= 11 is 0. The normalized spacial score (nSPS) is 11.1. The van der Waals surface area contributed by atoms with Crippen LogP contribution >= 0.6 is 0 Å². The number of carbonyl (C=O) groups excluding carboxylic acids is 1. The number of halogens is 1. The molecule has 2 aromatic rings. The van der Waals surface area contributed by atoms with Crippen molar-refractivity contribution in [1.82, 2.24) is 9.78 Å². The number of nitrogens with zero attached hydrogens (tertiary/aromatic N) is 2. The molecule has 0 fully saturated rings. The Hall–Kier alpha value is -2.17. The van der Waals surface area contributed by atoms with Crippen molar-refractivity contribution in [3.05, 3.63) is 46.5 Å². The van der Waals surface area contributed by atoms with E-state index in [-0.39, 0.29) is 11.6 Å². The van der Waals surface area contributed by atoms with Crippen LogP contribution in [0.4, 0.5) is 10.1 Å². The predicted molar refractivity (Wildman–Crippen MR) is 94.6 cm³/mol. The van der Waals surface area contributed by atoms with Gasteiger partial charge >= 0.3 is 0 Å². The van der Waals surface area contributed by atoms with Crippen molar-refractivity contribution >= 4 is 11.6 Å². The van der Waals surface area contributed by atoms with E-state index in [4.69, 9.17) is 0 Å². The van der Waals surface area contributed by atoms with Crippen LogP contribution in [-0.4, -0.2) is 15.7 Å². The van der Waals surface area contributed by atoms with E-state index in [1.165, 1.54) is 6.07 Å². The minimum Gasteiger partial charge on any atom is -0.324 e. The largest absolute Gasteiger partial charge is 0.324 e. The van der Waals surface area contributed by atoms with Gasteiger partial charge in [0.2, 0.25) is 5.91 Å². The molecule has 2 rings (SSSR count). The van der Waals surface area contributed by atoms with Crippen molar-refractivity contribution in [3.63, 3.8) is 0 Å². The van der Waals surface area contributed by atoms with E-state index < -0.39 is 5.82 Å². The van der Waals surface area contributed by atoms with Crippen molar-refractivity contribution in [1.29, 1.82) is 0 Å². The molecule has 0 bridgehead atoms. The van der Waals surface area contributed by atoms with E-state index in [1.54, 1.807) is 12.1 Å². The summed E-state index contributed by atoms with van der Waals surface area (Å²) in [6.07, 6.45) is 0.914. The Bertz CT molecular complexity index is 734. The molecule has 1 amide bonds. The van der Waals surface area contributed by atoms with Crippen LogP contribution < -0.4 is 5.32 Å². The quantitative estimate of drug-likeness (QED) is 0.863. The van der Waals surface area contributed by atoms with E-state index in [9.17, 15) is 9.18 Å². The van der Waals surface area contributed by atoms with Gasteiger partial charge < -0.3 is 5.32 Å². The van der Waals surface area contributed by atoms with Crippen LogP contribution in [0.3, 0.4) is 0 Å². The number of hydrogen-bond donors (Lipinski definition) is 1. The lowest BCUT2D eigenvalue weighted by molar-refractivity contribution is -0.116. The maximum absolute atomic E-state index is 13.7. The molecule has 1 N–H and O–H groups in total. The minimum absolute atomic E-state index is 0.185. The van der Waals surface area contributed by atoms with E-state index in [1.807, 2.05) is 25.5 Å². The van der Waals surface area contributed by atoms with Gasteiger partial charge in [0.05, 0.1) is 11.4 Å². The maximum Gasteiger partial charge on any atom is 0.224 e. The monoisotopic (exact) mass is 331 g/mol. The van der Waals surface area contributed by atoms with Gasteiger partial charge in [-0.25, -0.2) is 4.39 Å². The number of carbonyl (C=O) groups is 1. The first-order valence-corrected chi connectivity index (χ1v) is 8.36. The van der Waals surface area contributed by atoms with Gasteiger partial charge in [0.15, 0.2) is 0 Å². The standard InChI is InChI=1S/C19H26FN3O/c1-12(2)11-23-15(5)16(14(4)22-23)7-9-19(24)21-18-10-13(3)6-8-17(18)20/h6,8,10,12H,7,9,11H2,1-5H3,(H,21,24). The fourth-order valence-electron chi connectivity index (χ4n) is 2.81. The van der Waals surface area contributed by atoms with E-state index in [2.05, 4.69) is 24.3 Å². The first-order chi connectivity index (χ1) is 11.3. The fourth-order valence-corrected chi connectivity index (χ4v) is 2.81. The third-order valence-corrected chi connectivity index (χ3v) is 4.07. The Balaban J connectivity index is 2.01. The van der Waals surface area contributed by atoms with Crippen LogP contribution in [0.2, 0.25) is 0 Å². The average molecular weight is 331 g/mol. The summed E-state index contributed by atoms with van der Waals surface area (Å²) in [5.41, 5.74) is 4.33. The van der Waals surface area contributed by atoms with Gasteiger partial charge in [-0.3, -0.25) is 9.48 Å². The van der Waals surface area contributed by atoms with Crippen molar-refractivity contribution in [2.75, 3.05) is 5.32 Å². The van der Waals surface area contributed by atoms with E-state index in [0.717, 1.165) is 29.1 Å². The smallest absolute Gasteiger partial charge is 0.224 e. The highest BCUT2D eigenvalue weighted by Gasteiger charge is 2.14. The number of anilines is 1. The molecule has 0 aliphatic carbocycles. The Morgan fingerprint density at radius 3 is 2.67 bits per heavy atom. The molecule has 5 heteroatoms. The Morgan fingerprint density at radius 2 is 2.00 bits per heavy atom. The molecule has 0 aliphatic rings. The highest BCUT2D eigenvalue weighted by Crippen LogP contribution is 2.19. The lowest BCUT2D eigenvalue weighted by Crippen LogP contribution is -2.14. The third-order valence-electron chi connectivity index (χ3n) is 4.07. The summed E-state index contributed by atoms with van der Waals surface area (Å²) in [4.78, 5) is 12.2. The highest BCUT2D eigenvalue weighted by atomic mass is 19.1. The van der Waals surface area contributed by atoms with Gasteiger partial charge in [0.1, 0.15) is 5.82 Å². The topological polar surface area (TPSA) is 46.9 Å². The second-order valence-electron chi connectivity index (χ2n) is 6.76. The molecule has 130 valence electrons. The molecule has 4 nitrogen and oxygen atoms in total. The Morgan fingerprint density at radius 1 is 1.29 bits per heavy atom. The van der Waals surface area contributed by atoms with Crippen LogP contribution in [0.15, 0.2) is 18.2 Å². The highest BCUT2D eigenvalue weighted by molar-refractivity contribution is 5.91.